The standard InChI is InChI=1S/C21H24N2/c1-2-3-4-8-14-20(22)19-16-23(17-11-6-5-7-12-17)21-15-10-9-13-18(19)21/h5-7,9-13,15-16,22H,2-4,8,14H2,1H3. The van der Waals surface area contributed by atoms with E-state index in [2.05, 4.69) is 66.2 Å². The van der Waals surface area contributed by atoms with Crippen molar-refractivity contribution in [1.82, 2.24) is 4.57 Å². The number of nitrogens with zero attached hydrogens (tertiary/aromatic N) is 1. The number of unbranched alkanes of at least 4 members (excludes halogenated alkanes) is 3. The molecule has 0 amide bonds. The van der Waals surface area contributed by atoms with E-state index in [1.165, 1.54) is 30.2 Å². The number of nitrogens with one attached hydrogen (secondary N) is 1. The van der Waals surface area contributed by atoms with Gasteiger partial charge < -0.3 is 9.98 Å². The summed E-state index contributed by atoms with van der Waals surface area (Å²) in [5.41, 5.74) is 4.15. The van der Waals surface area contributed by atoms with Gasteiger partial charge in [-0.15, -0.1) is 0 Å². The first-order chi connectivity index (χ1) is 11.3. The van der Waals surface area contributed by atoms with Crippen LogP contribution < -0.4 is 0 Å². The van der Waals surface area contributed by atoms with Gasteiger partial charge in [-0.05, 0) is 31.0 Å². The Bertz CT molecular complexity index is 784. The molecule has 2 heteroatoms. The molecule has 0 saturated carbocycles. The van der Waals surface area contributed by atoms with Gasteiger partial charge in [0.2, 0.25) is 0 Å². The number of fused-ring (bicyclic) bond motifs is 1. The Kier molecular flexibility index (Phi) is 4.92. The molecule has 0 bridgehead atoms. The molecule has 0 aliphatic carbocycles. The first-order valence-electron chi connectivity index (χ1n) is 8.54. The van der Waals surface area contributed by atoms with Crippen molar-refractivity contribution in [3.63, 3.8) is 0 Å². The van der Waals surface area contributed by atoms with E-state index in [1.54, 1.807) is 0 Å². The van der Waals surface area contributed by atoms with Crippen molar-refractivity contribution in [2.24, 2.45) is 0 Å². The van der Waals surface area contributed by atoms with Crippen LogP contribution >= 0.6 is 0 Å². The van der Waals surface area contributed by atoms with Crippen LogP contribution in [0.1, 0.15) is 44.6 Å². The van der Waals surface area contributed by atoms with Crippen molar-refractivity contribution < 1.29 is 0 Å². The second-order valence-electron chi connectivity index (χ2n) is 6.05. The first-order valence-corrected chi connectivity index (χ1v) is 8.54. The second-order valence-corrected chi connectivity index (χ2v) is 6.05. The Labute approximate surface area is 138 Å². The average molecular weight is 304 g/mol. The van der Waals surface area contributed by atoms with Gasteiger partial charge >= 0.3 is 0 Å². The number of para-hydroxylation sites is 2. The van der Waals surface area contributed by atoms with Gasteiger partial charge in [0.1, 0.15) is 0 Å². The maximum atomic E-state index is 8.51. The van der Waals surface area contributed by atoms with Gasteiger partial charge in [0.05, 0.1) is 5.52 Å². The Morgan fingerprint density at radius 2 is 1.65 bits per heavy atom. The topological polar surface area (TPSA) is 28.8 Å². The zero-order valence-corrected chi connectivity index (χ0v) is 13.8. The monoisotopic (exact) mass is 304 g/mol. The van der Waals surface area contributed by atoms with Crippen LogP contribution in [-0.4, -0.2) is 10.3 Å². The highest BCUT2D eigenvalue weighted by Gasteiger charge is 2.12. The molecule has 23 heavy (non-hydrogen) atoms. The molecule has 1 heterocycles. The molecule has 0 aliphatic rings. The van der Waals surface area contributed by atoms with Gasteiger partial charge in [0.15, 0.2) is 0 Å². The fraction of sp³-hybridized carbons (Fsp3) is 0.286. The summed E-state index contributed by atoms with van der Waals surface area (Å²) in [7, 11) is 0. The Morgan fingerprint density at radius 3 is 2.43 bits per heavy atom. The number of hydrogen-bond acceptors (Lipinski definition) is 1. The van der Waals surface area contributed by atoms with Crippen LogP contribution in [0, 0.1) is 5.41 Å². The van der Waals surface area contributed by atoms with Crippen molar-refractivity contribution in [2.75, 3.05) is 0 Å². The normalized spacial score (nSPS) is 11.0. The Morgan fingerprint density at radius 1 is 0.913 bits per heavy atom. The second kappa shape index (κ2) is 7.28. The summed E-state index contributed by atoms with van der Waals surface area (Å²) in [5.74, 6) is 0. The zero-order valence-electron chi connectivity index (χ0n) is 13.8. The van der Waals surface area contributed by atoms with E-state index >= 15 is 0 Å². The van der Waals surface area contributed by atoms with Gasteiger partial charge in [-0.1, -0.05) is 62.6 Å². The molecule has 0 spiro atoms. The number of benzene rings is 2. The van der Waals surface area contributed by atoms with Crippen LogP contribution in [0.3, 0.4) is 0 Å². The molecule has 3 rings (SSSR count). The van der Waals surface area contributed by atoms with Gasteiger partial charge in [-0.2, -0.15) is 0 Å². The molecule has 0 radical (unpaired) electrons. The summed E-state index contributed by atoms with van der Waals surface area (Å²) >= 11 is 0. The van der Waals surface area contributed by atoms with Crippen molar-refractivity contribution >= 4 is 16.6 Å². The lowest BCUT2D eigenvalue weighted by molar-refractivity contribution is 0.682. The van der Waals surface area contributed by atoms with Crippen LogP contribution in [-0.2, 0) is 0 Å². The minimum atomic E-state index is 0.756. The Balaban J connectivity index is 1.94. The fourth-order valence-corrected chi connectivity index (χ4v) is 3.09. The van der Waals surface area contributed by atoms with Crippen LogP contribution in [0.5, 0.6) is 0 Å². The first kappa shape index (κ1) is 15.5. The lowest BCUT2D eigenvalue weighted by Crippen LogP contribution is -1.98. The molecule has 118 valence electrons. The van der Waals surface area contributed by atoms with E-state index in [1.807, 2.05) is 6.07 Å². The summed E-state index contributed by atoms with van der Waals surface area (Å²) in [4.78, 5) is 0. The molecule has 2 aromatic carbocycles. The molecule has 0 fully saturated rings. The van der Waals surface area contributed by atoms with Crippen LogP contribution in [0.15, 0.2) is 60.8 Å². The predicted molar refractivity (Wildman–Crippen MR) is 98.9 cm³/mol. The summed E-state index contributed by atoms with van der Waals surface area (Å²) in [6, 6.07) is 18.8. The number of aromatic nitrogens is 1. The van der Waals surface area contributed by atoms with E-state index in [0.29, 0.717) is 0 Å². The molecule has 0 atom stereocenters. The lowest BCUT2D eigenvalue weighted by Gasteiger charge is -2.04. The van der Waals surface area contributed by atoms with Crippen molar-refractivity contribution in [3.05, 3.63) is 66.4 Å². The van der Waals surface area contributed by atoms with E-state index in [-0.39, 0.29) is 0 Å². The van der Waals surface area contributed by atoms with Crippen molar-refractivity contribution in [1.29, 1.82) is 5.41 Å². The van der Waals surface area contributed by atoms with Crippen molar-refractivity contribution in [2.45, 2.75) is 39.0 Å². The highest BCUT2D eigenvalue weighted by atomic mass is 15.0. The quantitative estimate of drug-likeness (QED) is 0.411. The largest absolute Gasteiger partial charge is 0.316 e. The molecule has 0 unspecified atom stereocenters. The molecule has 2 nitrogen and oxygen atoms in total. The summed E-state index contributed by atoms with van der Waals surface area (Å²) in [6.07, 6.45) is 7.82. The molecule has 0 saturated heterocycles. The third-order valence-electron chi connectivity index (χ3n) is 4.35. The highest BCUT2D eigenvalue weighted by molar-refractivity contribution is 6.09. The van der Waals surface area contributed by atoms with E-state index < -0.39 is 0 Å². The summed E-state index contributed by atoms with van der Waals surface area (Å²) in [6.45, 7) is 2.22. The maximum absolute atomic E-state index is 8.51. The summed E-state index contributed by atoms with van der Waals surface area (Å²) < 4.78 is 2.20. The van der Waals surface area contributed by atoms with E-state index in [4.69, 9.17) is 5.41 Å². The van der Waals surface area contributed by atoms with Crippen LogP contribution in [0.2, 0.25) is 0 Å². The molecule has 3 aromatic rings. The third-order valence-corrected chi connectivity index (χ3v) is 4.35. The van der Waals surface area contributed by atoms with E-state index in [9.17, 15) is 0 Å². The van der Waals surface area contributed by atoms with Crippen molar-refractivity contribution in [3.8, 4) is 5.69 Å². The van der Waals surface area contributed by atoms with Gasteiger partial charge in [0.25, 0.3) is 0 Å². The predicted octanol–water partition coefficient (Wildman–Crippen LogP) is 5.97. The molecular formula is C21H24N2. The Hall–Kier alpha value is -2.35. The molecule has 0 aliphatic heterocycles. The lowest BCUT2D eigenvalue weighted by atomic mass is 10.0. The average Bonchev–Trinajstić information content (AvgIpc) is 2.99. The van der Waals surface area contributed by atoms with Gasteiger partial charge in [-0.3, -0.25) is 0 Å². The highest BCUT2D eigenvalue weighted by Crippen LogP contribution is 2.26. The van der Waals surface area contributed by atoms with Gasteiger partial charge in [0, 0.05) is 28.5 Å². The van der Waals surface area contributed by atoms with Crippen LogP contribution in [0.4, 0.5) is 0 Å². The minimum absolute atomic E-state index is 0.756. The van der Waals surface area contributed by atoms with Gasteiger partial charge in [-0.25, -0.2) is 0 Å². The summed E-state index contributed by atoms with van der Waals surface area (Å²) in [5, 5.41) is 9.69. The molecule has 1 N–H and O–H groups in total. The van der Waals surface area contributed by atoms with E-state index in [0.717, 1.165) is 29.8 Å². The molecular weight excluding hydrogens is 280 g/mol. The third kappa shape index (κ3) is 3.37. The number of rotatable bonds is 7. The van der Waals surface area contributed by atoms with Crippen LogP contribution in [0.25, 0.3) is 16.6 Å². The minimum Gasteiger partial charge on any atom is -0.316 e. The zero-order chi connectivity index (χ0) is 16.1. The SMILES string of the molecule is CCCCCCC(=N)c1cn(-c2ccccc2)c2ccccc12. The fourth-order valence-electron chi connectivity index (χ4n) is 3.09. The number of hydrogen-bond donors (Lipinski definition) is 1. The molecule has 1 aromatic heterocycles. The maximum Gasteiger partial charge on any atom is 0.0535 e. The smallest absolute Gasteiger partial charge is 0.0535 e.